The second-order valence-corrected chi connectivity index (χ2v) is 3.48. The molecule has 2 N–H and O–H groups in total. The van der Waals surface area contributed by atoms with Crippen molar-refractivity contribution in [1.82, 2.24) is 5.32 Å². The number of rotatable bonds is 2. The molecule has 2 atom stereocenters. The van der Waals surface area contributed by atoms with E-state index in [0.717, 1.165) is 0 Å². The maximum atomic E-state index is 12.2. The number of allylic oxidation sites excluding steroid dienone is 1. The molecule has 1 aliphatic rings. The number of aliphatic hydroxyl groups excluding tert-OH is 1. The number of aliphatic hydroxyl groups is 1. The number of nitrogens with one attached hydrogen (secondary N) is 1. The summed E-state index contributed by atoms with van der Waals surface area (Å²) in [6, 6.07) is 0. The van der Waals surface area contributed by atoms with E-state index in [0.29, 0.717) is 5.57 Å². The van der Waals surface area contributed by atoms with E-state index in [1.165, 1.54) is 25.3 Å². The summed E-state index contributed by atoms with van der Waals surface area (Å²) in [6.45, 7) is 0. The van der Waals surface area contributed by atoms with Gasteiger partial charge in [0, 0.05) is 18.5 Å². The molecule has 0 bridgehead atoms. The highest BCUT2D eigenvalue weighted by molar-refractivity contribution is 5.96. The molecule has 0 aromatic heterocycles. The molecule has 0 radical (unpaired) electrons. The van der Waals surface area contributed by atoms with Crippen LogP contribution in [0.5, 0.6) is 0 Å². The predicted molar refractivity (Wildman–Crippen MR) is 51.5 cm³/mol. The number of hydrogen-bond donors (Lipinski definition) is 2. The maximum absolute atomic E-state index is 12.2. The van der Waals surface area contributed by atoms with E-state index in [1.54, 1.807) is 0 Å². The van der Waals surface area contributed by atoms with Gasteiger partial charge in [0.25, 0.3) is 5.91 Å². The Morgan fingerprint density at radius 3 is 2.62 bits per heavy atom. The largest absolute Gasteiger partial charge is 0.414 e. The lowest BCUT2D eigenvalue weighted by atomic mass is 9.91. The van der Waals surface area contributed by atoms with E-state index in [-0.39, 0.29) is 12.3 Å². The Balaban J connectivity index is 2.66. The quantitative estimate of drug-likeness (QED) is 0.754. The first-order valence-electron chi connectivity index (χ1n) is 4.71. The monoisotopic (exact) mass is 235 g/mol. The zero-order valence-corrected chi connectivity index (χ0v) is 8.58. The van der Waals surface area contributed by atoms with Gasteiger partial charge >= 0.3 is 6.18 Å². The molecule has 3 nitrogen and oxygen atoms in total. The Bertz CT molecular complexity index is 333. The van der Waals surface area contributed by atoms with E-state index in [9.17, 15) is 18.0 Å². The van der Waals surface area contributed by atoms with Gasteiger partial charge in [0.15, 0.2) is 6.10 Å². The highest BCUT2D eigenvalue weighted by Gasteiger charge is 2.42. The summed E-state index contributed by atoms with van der Waals surface area (Å²) in [5.41, 5.74) is 0.313. The van der Waals surface area contributed by atoms with Crippen molar-refractivity contribution in [3.63, 3.8) is 0 Å². The first-order valence-corrected chi connectivity index (χ1v) is 4.71. The lowest BCUT2D eigenvalue weighted by molar-refractivity contribution is -0.214. The molecule has 0 spiro atoms. The summed E-state index contributed by atoms with van der Waals surface area (Å²) in [6.07, 6.45) is -3.12. The van der Waals surface area contributed by atoms with Gasteiger partial charge in [-0.2, -0.15) is 13.2 Å². The average molecular weight is 235 g/mol. The summed E-state index contributed by atoms with van der Waals surface area (Å²) in [5.74, 6) is -1.37. The standard InChI is InChI=1S/C10H12F3NO2/c1-14-9(16)7-4-2-6(3-5-7)8(15)10(11,12)13/h2,4-6,8,15H,3H2,1H3,(H,14,16). The number of likely N-dealkylation sites (N-methyl/N-ethyl adjacent to an activating group) is 1. The summed E-state index contributed by atoms with van der Waals surface area (Å²) < 4.78 is 36.5. The third-order valence-electron chi connectivity index (χ3n) is 2.36. The molecule has 0 saturated heterocycles. The van der Waals surface area contributed by atoms with Crippen LogP contribution in [0.15, 0.2) is 23.8 Å². The van der Waals surface area contributed by atoms with E-state index in [4.69, 9.17) is 5.11 Å². The fraction of sp³-hybridized carbons (Fsp3) is 0.500. The van der Waals surface area contributed by atoms with Crippen LogP contribution in [0, 0.1) is 5.92 Å². The Hall–Kier alpha value is -1.30. The number of carbonyl (C=O) groups excluding carboxylic acids is 1. The summed E-state index contributed by atoms with van der Waals surface area (Å²) in [7, 11) is 1.44. The SMILES string of the molecule is CNC(=O)C1=CCC(C(O)C(F)(F)F)C=C1. The van der Waals surface area contributed by atoms with E-state index in [1.807, 2.05) is 0 Å². The zero-order valence-electron chi connectivity index (χ0n) is 8.58. The molecule has 0 fully saturated rings. The molecule has 0 aliphatic heterocycles. The maximum Gasteiger partial charge on any atom is 0.414 e. The molecule has 1 rings (SSSR count). The lowest BCUT2D eigenvalue weighted by Crippen LogP contribution is -2.35. The van der Waals surface area contributed by atoms with Gasteiger partial charge in [-0.3, -0.25) is 4.79 Å². The summed E-state index contributed by atoms with van der Waals surface area (Å²) in [4.78, 5) is 11.1. The summed E-state index contributed by atoms with van der Waals surface area (Å²) in [5, 5.41) is 11.4. The molecule has 0 aromatic carbocycles. The fourth-order valence-corrected chi connectivity index (χ4v) is 1.43. The number of hydrogen-bond acceptors (Lipinski definition) is 2. The molecule has 16 heavy (non-hydrogen) atoms. The normalized spacial score (nSPS) is 22.6. The average Bonchev–Trinajstić information content (AvgIpc) is 2.26. The predicted octanol–water partition coefficient (Wildman–Crippen LogP) is 1.16. The first-order chi connectivity index (χ1) is 7.36. The van der Waals surface area contributed by atoms with E-state index < -0.39 is 18.2 Å². The number of amides is 1. The smallest absolute Gasteiger partial charge is 0.383 e. The minimum atomic E-state index is -4.63. The lowest BCUT2D eigenvalue weighted by Gasteiger charge is -2.23. The van der Waals surface area contributed by atoms with Gasteiger partial charge in [-0.05, 0) is 6.42 Å². The fourth-order valence-electron chi connectivity index (χ4n) is 1.43. The van der Waals surface area contributed by atoms with Crippen LogP contribution >= 0.6 is 0 Å². The molecule has 0 saturated carbocycles. The van der Waals surface area contributed by atoms with Crippen LogP contribution in [0.4, 0.5) is 13.2 Å². The highest BCUT2D eigenvalue weighted by atomic mass is 19.4. The van der Waals surface area contributed by atoms with Crippen molar-refractivity contribution >= 4 is 5.91 Å². The van der Waals surface area contributed by atoms with Gasteiger partial charge in [-0.1, -0.05) is 18.2 Å². The van der Waals surface area contributed by atoms with Crippen molar-refractivity contribution in [2.24, 2.45) is 5.92 Å². The van der Waals surface area contributed by atoms with Crippen molar-refractivity contribution in [3.05, 3.63) is 23.8 Å². The molecular weight excluding hydrogens is 223 g/mol. The molecule has 6 heteroatoms. The second kappa shape index (κ2) is 4.69. The molecule has 1 amide bonds. The third kappa shape index (κ3) is 2.85. The minimum absolute atomic E-state index is 0.0000694. The Morgan fingerprint density at radius 1 is 1.62 bits per heavy atom. The van der Waals surface area contributed by atoms with Crippen LogP contribution in [-0.2, 0) is 4.79 Å². The zero-order chi connectivity index (χ0) is 12.3. The van der Waals surface area contributed by atoms with Crippen LogP contribution in [-0.4, -0.2) is 30.3 Å². The van der Waals surface area contributed by atoms with Crippen LogP contribution in [0.2, 0.25) is 0 Å². The van der Waals surface area contributed by atoms with Crippen LogP contribution in [0.25, 0.3) is 0 Å². The number of alkyl halides is 3. The molecule has 90 valence electrons. The van der Waals surface area contributed by atoms with Gasteiger partial charge in [0.05, 0.1) is 0 Å². The van der Waals surface area contributed by atoms with Crippen LogP contribution in [0.1, 0.15) is 6.42 Å². The topological polar surface area (TPSA) is 49.3 Å². The van der Waals surface area contributed by atoms with Gasteiger partial charge in [-0.25, -0.2) is 0 Å². The van der Waals surface area contributed by atoms with Gasteiger partial charge in [-0.15, -0.1) is 0 Å². The van der Waals surface area contributed by atoms with Gasteiger partial charge in [0.1, 0.15) is 0 Å². The van der Waals surface area contributed by atoms with Crippen LogP contribution in [0.3, 0.4) is 0 Å². The Morgan fingerprint density at radius 2 is 2.25 bits per heavy atom. The first kappa shape index (κ1) is 12.8. The highest BCUT2D eigenvalue weighted by Crippen LogP contribution is 2.30. The molecule has 1 aliphatic carbocycles. The van der Waals surface area contributed by atoms with Crippen molar-refractivity contribution in [2.45, 2.75) is 18.7 Å². The van der Waals surface area contributed by atoms with Crippen molar-refractivity contribution < 1.29 is 23.1 Å². The second-order valence-electron chi connectivity index (χ2n) is 3.48. The van der Waals surface area contributed by atoms with Crippen LogP contribution < -0.4 is 5.32 Å². The molecule has 0 aromatic rings. The van der Waals surface area contributed by atoms with Crippen molar-refractivity contribution in [2.75, 3.05) is 7.05 Å². The van der Waals surface area contributed by atoms with Gasteiger partial charge < -0.3 is 10.4 Å². The third-order valence-corrected chi connectivity index (χ3v) is 2.36. The van der Waals surface area contributed by atoms with Gasteiger partial charge in [0.2, 0.25) is 0 Å². The Labute approximate surface area is 90.6 Å². The molecule has 0 heterocycles. The number of halogens is 3. The minimum Gasteiger partial charge on any atom is -0.383 e. The van der Waals surface area contributed by atoms with E-state index in [2.05, 4.69) is 5.32 Å². The number of carbonyl (C=O) groups is 1. The Kier molecular flexibility index (Phi) is 3.74. The van der Waals surface area contributed by atoms with E-state index >= 15 is 0 Å². The molecular formula is C10H12F3NO2. The van der Waals surface area contributed by atoms with Crippen molar-refractivity contribution in [1.29, 1.82) is 0 Å². The molecule has 2 unspecified atom stereocenters. The van der Waals surface area contributed by atoms with Crippen molar-refractivity contribution in [3.8, 4) is 0 Å². The summed E-state index contributed by atoms with van der Waals surface area (Å²) >= 11 is 0.